The van der Waals surface area contributed by atoms with Crippen LogP contribution in [0.3, 0.4) is 0 Å². The van der Waals surface area contributed by atoms with E-state index in [1.165, 1.54) is 12.1 Å². The monoisotopic (exact) mass is 222 g/mol. The Labute approximate surface area is 92.3 Å². The minimum Gasteiger partial charge on any atom is -0.297 e. The lowest BCUT2D eigenvalue weighted by molar-refractivity contribution is 0.625. The molecule has 0 aliphatic carbocycles. The van der Waals surface area contributed by atoms with Gasteiger partial charge in [0.05, 0.1) is 5.69 Å². The molecule has 0 saturated carbocycles. The van der Waals surface area contributed by atoms with Crippen LogP contribution in [0.15, 0.2) is 24.3 Å². The number of nitrogens with one attached hydrogen (secondary N) is 1. The van der Waals surface area contributed by atoms with Crippen LogP contribution in [0, 0.1) is 24.3 Å². The van der Waals surface area contributed by atoms with Gasteiger partial charge in [-0.25, -0.2) is 9.07 Å². The van der Waals surface area contributed by atoms with E-state index in [4.69, 9.17) is 12.2 Å². The minimum atomic E-state index is -0.231. The van der Waals surface area contributed by atoms with Crippen molar-refractivity contribution in [2.45, 2.75) is 13.8 Å². The smallest absolute Gasteiger partial charge is 0.127 e. The topological polar surface area (TPSA) is 20.7 Å². The normalized spacial score (nSPS) is 10.6. The lowest BCUT2D eigenvalue weighted by atomic mass is 10.2. The molecule has 0 fully saturated rings. The van der Waals surface area contributed by atoms with E-state index in [0.29, 0.717) is 4.64 Å². The number of aryl methyl sites for hydroxylation is 2. The summed E-state index contributed by atoms with van der Waals surface area (Å²) in [4.78, 5) is 0. The fraction of sp³-hybridized carbons (Fsp3) is 0.182. The first kappa shape index (κ1) is 10.1. The molecular weight excluding hydrogens is 211 g/mol. The summed E-state index contributed by atoms with van der Waals surface area (Å²) in [5.41, 5.74) is 2.73. The van der Waals surface area contributed by atoms with Gasteiger partial charge in [-0.05, 0) is 43.7 Å². The van der Waals surface area contributed by atoms with Crippen molar-refractivity contribution in [1.29, 1.82) is 0 Å². The van der Waals surface area contributed by atoms with Gasteiger partial charge in [-0.15, -0.1) is 0 Å². The zero-order chi connectivity index (χ0) is 11.0. The molecule has 1 N–H and O–H groups in total. The Morgan fingerprint density at radius 3 is 2.53 bits per heavy atom. The van der Waals surface area contributed by atoms with E-state index in [1.54, 1.807) is 10.7 Å². The second-order valence-electron chi connectivity index (χ2n) is 3.54. The summed E-state index contributed by atoms with van der Waals surface area (Å²) in [5.74, 6) is -0.231. The van der Waals surface area contributed by atoms with Gasteiger partial charge in [0.25, 0.3) is 0 Å². The third-order valence-electron chi connectivity index (χ3n) is 2.25. The fourth-order valence-corrected chi connectivity index (χ4v) is 1.88. The molecular formula is C11H11FN2S. The van der Waals surface area contributed by atoms with Crippen molar-refractivity contribution in [3.63, 3.8) is 0 Å². The molecule has 0 atom stereocenters. The first-order valence-electron chi connectivity index (χ1n) is 4.63. The van der Waals surface area contributed by atoms with Gasteiger partial charge in [-0.2, -0.15) is 0 Å². The highest BCUT2D eigenvalue weighted by Crippen LogP contribution is 2.15. The van der Waals surface area contributed by atoms with Crippen LogP contribution in [0.25, 0.3) is 5.69 Å². The first-order valence-corrected chi connectivity index (χ1v) is 5.04. The maximum atomic E-state index is 12.9. The van der Waals surface area contributed by atoms with Gasteiger partial charge in [-0.1, -0.05) is 12.2 Å². The Morgan fingerprint density at radius 2 is 2.00 bits per heavy atom. The third kappa shape index (κ3) is 1.85. The van der Waals surface area contributed by atoms with Crippen molar-refractivity contribution < 1.29 is 4.39 Å². The minimum absolute atomic E-state index is 0.231. The molecule has 1 aromatic heterocycles. The highest BCUT2D eigenvalue weighted by atomic mass is 32.1. The zero-order valence-electron chi connectivity index (χ0n) is 8.54. The fourth-order valence-electron chi connectivity index (χ4n) is 1.56. The number of hydrogen-bond donors (Lipinski definition) is 1. The van der Waals surface area contributed by atoms with Crippen molar-refractivity contribution in [2.24, 2.45) is 0 Å². The summed E-state index contributed by atoms with van der Waals surface area (Å²) in [6, 6.07) is 6.52. The molecule has 0 aliphatic rings. The third-order valence-corrected chi connectivity index (χ3v) is 2.55. The molecule has 1 heterocycles. The van der Waals surface area contributed by atoms with E-state index in [0.717, 1.165) is 16.9 Å². The highest BCUT2D eigenvalue weighted by Gasteiger charge is 2.04. The Kier molecular flexibility index (Phi) is 2.44. The van der Waals surface area contributed by atoms with Gasteiger partial charge in [0, 0.05) is 5.69 Å². The number of benzene rings is 1. The van der Waals surface area contributed by atoms with Crippen LogP contribution in [0.5, 0.6) is 0 Å². The quantitative estimate of drug-likeness (QED) is 0.734. The standard InChI is InChI=1S/C11H11FN2S/c1-7-5-9(12)3-4-10(7)14-11(15)6-8(2)13-14/h3-6,13H,1-2H3. The van der Waals surface area contributed by atoms with E-state index in [1.807, 2.05) is 19.9 Å². The van der Waals surface area contributed by atoms with Crippen LogP contribution in [-0.2, 0) is 0 Å². The molecule has 0 aliphatic heterocycles. The molecule has 0 amide bonds. The number of rotatable bonds is 1. The molecule has 0 saturated heterocycles. The maximum Gasteiger partial charge on any atom is 0.127 e. The van der Waals surface area contributed by atoms with E-state index in [9.17, 15) is 4.39 Å². The van der Waals surface area contributed by atoms with Crippen LogP contribution in [0.4, 0.5) is 4.39 Å². The van der Waals surface area contributed by atoms with Gasteiger partial charge < -0.3 is 0 Å². The summed E-state index contributed by atoms with van der Waals surface area (Å²) < 4.78 is 15.4. The van der Waals surface area contributed by atoms with Crippen LogP contribution in [0.2, 0.25) is 0 Å². The van der Waals surface area contributed by atoms with E-state index >= 15 is 0 Å². The second kappa shape index (κ2) is 3.62. The molecule has 2 nitrogen and oxygen atoms in total. The molecule has 0 radical (unpaired) electrons. The predicted molar refractivity (Wildman–Crippen MR) is 60.4 cm³/mol. The average Bonchev–Trinajstić information content (AvgIpc) is 2.45. The largest absolute Gasteiger partial charge is 0.297 e. The summed E-state index contributed by atoms with van der Waals surface area (Å²) >= 11 is 5.19. The van der Waals surface area contributed by atoms with E-state index < -0.39 is 0 Å². The van der Waals surface area contributed by atoms with Crippen molar-refractivity contribution in [3.8, 4) is 5.69 Å². The summed E-state index contributed by atoms with van der Waals surface area (Å²) in [7, 11) is 0. The molecule has 15 heavy (non-hydrogen) atoms. The van der Waals surface area contributed by atoms with Crippen LogP contribution in [0.1, 0.15) is 11.3 Å². The lowest BCUT2D eigenvalue weighted by Crippen LogP contribution is -1.99. The number of aromatic amines is 1. The van der Waals surface area contributed by atoms with Crippen molar-refractivity contribution >= 4 is 12.2 Å². The predicted octanol–water partition coefficient (Wildman–Crippen LogP) is 3.29. The van der Waals surface area contributed by atoms with Crippen molar-refractivity contribution in [2.75, 3.05) is 0 Å². The summed E-state index contributed by atoms with van der Waals surface area (Å²) in [6.07, 6.45) is 0. The number of hydrogen-bond acceptors (Lipinski definition) is 1. The van der Waals surface area contributed by atoms with E-state index in [-0.39, 0.29) is 5.82 Å². The van der Waals surface area contributed by atoms with Gasteiger partial charge in [0.2, 0.25) is 0 Å². The summed E-state index contributed by atoms with van der Waals surface area (Å²) in [5, 5.41) is 3.11. The van der Waals surface area contributed by atoms with Crippen LogP contribution >= 0.6 is 12.2 Å². The van der Waals surface area contributed by atoms with Gasteiger partial charge >= 0.3 is 0 Å². The molecule has 1 aromatic carbocycles. The number of halogens is 1. The Balaban J connectivity index is 2.64. The van der Waals surface area contributed by atoms with Gasteiger partial charge in [-0.3, -0.25) is 5.10 Å². The zero-order valence-corrected chi connectivity index (χ0v) is 9.36. The average molecular weight is 222 g/mol. The van der Waals surface area contributed by atoms with Crippen LogP contribution < -0.4 is 0 Å². The lowest BCUT2D eigenvalue weighted by Gasteiger charge is -2.06. The maximum absolute atomic E-state index is 12.9. The molecule has 78 valence electrons. The SMILES string of the molecule is Cc1cc(=S)n(-c2ccc(F)cc2C)[nH]1. The Morgan fingerprint density at radius 1 is 1.27 bits per heavy atom. The van der Waals surface area contributed by atoms with Crippen molar-refractivity contribution in [3.05, 3.63) is 46.0 Å². The Hall–Kier alpha value is -1.42. The number of H-pyrrole nitrogens is 1. The number of nitrogens with zero attached hydrogens (tertiary/aromatic N) is 1. The van der Waals surface area contributed by atoms with E-state index in [2.05, 4.69) is 5.10 Å². The van der Waals surface area contributed by atoms with Gasteiger partial charge in [0.1, 0.15) is 10.5 Å². The summed E-state index contributed by atoms with van der Waals surface area (Å²) in [6.45, 7) is 3.79. The number of aromatic nitrogens is 2. The Bertz CT molecular complexity index is 554. The van der Waals surface area contributed by atoms with Crippen LogP contribution in [-0.4, -0.2) is 9.78 Å². The van der Waals surface area contributed by atoms with Crippen molar-refractivity contribution in [1.82, 2.24) is 9.78 Å². The highest BCUT2D eigenvalue weighted by molar-refractivity contribution is 7.71. The molecule has 0 bridgehead atoms. The first-order chi connectivity index (χ1) is 7.08. The molecule has 0 spiro atoms. The van der Waals surface area contributed by atoms with Gasteiger partial charge in [0.15, 0.2) is 0 Å². The second-order valence-corrected chi connectivity index (χ2v) is 3.96. The molecule has 0 unspecified atom stereocenters. The molecule has 4 heteroatoms. The molecule has 2 aromatic rings. The molecule has 2 rings (SSSR count).